The number of phosphoric ester groups is 1. The normalized spacial score (nSPS) is 13.5. The molecule has 172 valence electrons. The van der Waals surface area contributed by atoms with Crippen molar-refractivity contribution in [3.63, 3.8) is 0 Å². The molecular weight excluding hydrogens is 427 g/mol. The second kappa shape index (κ2) is 15.8. The number of phosphoric acid groups is 1. The third-order valence-electron chi connectivity index (χ3n) is 3.30. The zero-order valence-corrected chi connectivity index (χ0v) is 17.8. The van der Waals surface area contributed by atoms with Crippen LogP contribution in [-0.4, -0.2) is 73.2 Å². The first kappa shape index (κ1) is 26.1. The second-order valence-electron chi connectivity index (χ2n) is 5.48. The Labute approximate surface area is 174 Å². The molecule has 1 aliphatic rings. The second-order valence-corrected chi connectivity index (χ2v) is 7.15. The first-order valence-electron chi connectivity index (χ1n) is 8.94. The fourth-order valence-electron chi connectivity index (χ4n) is 1.82. The number of carbonyl (C=O) groups excluding carboxylic acids is 2. The largest absolute Gasteiger partial charge is 0.510 e. The molecule has 30 heavy (non-hydrogen) atoms. The summed E-state index contributed by atoms with van der Waals surface area (Å²) in [6.45, 7) is -1.30. The van der Waals surface area contributed by atoms with Crippen molar-refractivity contribution in [1.29, 1.82) is 0 Å². The molecule has 0 radical (unpaired) electrons. The average molecular weight is 454 g/mol. The summed E-state index contributed by atoms with van der Waals surface area (Å²) in [6, 6.07) is 0. The lowest BCUT2D eigenvalue weighted by Crippen LogP contribution is -2.16. The predicted octanol–water partition coefficient (Wildman–Crippen LogP) is 2.93. The Balaban J connectivity index is 2.47. The Bertz CT molecular complexity index is 586. The van der Waals surface area contributed by atoms with E-state index in [1.165, 1.54) is 14.2 Å². The molecule has 0 N–H and O–H groups in total. The molecule has 13 heteroatoms. The van der Waals surface area contributed by atoms with Gasteiger partial charge in [0.25, 0.3) is 0 Å². The third kappa shape index (κ3) is 12.6. The van der Waals surface area contributed by atoms with Crippen molar-refractivity contribution < 1.29 is 56.1 Å². The molecule has 0 fully saturated rings. The predicted molar refractivity (Wildman–Crippen MR) is 101 cm³/mol. The monoisotopic (exact) mass is 454 g/mol. The van der Waals surface area contributed by atoms with Crippen molar-refractivity contribution >= 4 is 20.1 Å². The Morgan fingerprint density at radius 3 is 1.90 bits per heavy atom. The molecule has 0 aromatic heterocycles. The summed E-state index contributed by atoms with van der Waals surface area (Å²) in [5, 5.41) is 0. The van der Waals surface area contributed by atoms with E-state index in [-0.39, 0.29) is 33.0 Å². The van der Waals surface area contributed by atoms with Gasteiger partial charge in [0.05, 0.1) is 19.8 Å². The number of methoxy groups -OCH3 is 2. The summed E-state index contributed by atoms with van der Waals surface area (Å²) in [5.74, 6) is 0. The van der Waals surface area contributed by atoms with E-state index in [4.69, 9.17) is 23.0 Å². The Morgan fingerprint density at radius 1 is 0.867 bits per heavy atom. The zero-order chi connectivity index (χ0) is 22.1. The zero-order valence-electron chi connectivity index (χ0n) is 16.9. The molecular formula is C17H27O12P. The van der Waals surface area contributed by atoms with Gasteiger partial charge in [-0.25, -0.2) is 23.2 Å². The van der Waals surface area contributed by atoms with Gasteiger partial charge in [0.15, 0.2) is 0 Å². The van der Waals surface area contributed by atoms with Crippen LogP contribution in [0, 0.1) is 0 Å². The van der Waals surface area contributed by atoms with Crippen LogP contribution in [0.25, 0.3) is 0 Å². The molecule has 0 aliphatic heterocycles. The van der Waals surface area contributed by atoms with Crippen molar-refractivity contribution in [2.75, 3.05) is 60.8 Å². The number of rotatable bonds is 15. The first-order valence-corrected chi connectivity index (χ1v) is 10.4. The summed E-state index contributed by atoms with van der Waals surface area (Å²) < 4.78 is 55.8. The molecule has 1 aliphatic carbocycles. The minimum Gasteiger partial charge on any atom is -0.432 e. The maximum atomic E-state index is 12.7. The van der Waals surface area contributed by atoms with Gasteiger partial charge in [-0.1, -0.05) is 18.2 Å². The van der Waals surface area contributed by atoms with Crippen LogP contribution < -0.4 is 0 Å². The molecule has 0 amide bonds. The van der Waals surface area contributed by atoms with Crippen LogP contribution >= 0.6 is 7.82 Å². The topological polar surface area (TPSA) is 134 Å². The molecule has 0 saturated heterocycles. The summed E-state index contributed by atoms with van der Waals surface area (Å²) >= 11 is 0. The van der Waals surface area contributed by atoms with Gasteiger partial charge in [-0.05, 0) is 18.4 Å². The van der Waals surface area contributed by atoms with E-state index in [1.807, 2.05) is 12.2 Å². The quantitative estimate of drug-likeness (QED) is 0.156. The van der Waals surface area contributed by atoms with E-state index in [1.54, 1.807) is 6.08 Å². The van der Waals surface area contributed by atoms with E-state index in [2.05, 4.69) is 18.9 Å². The Kier molecular flexibility index (Phi) is 13.8. The maximum Gasteiger partial charge on any atom is 0.510 e. The van der Waals surface area contributed by atoms with E-state index >= 15 is 0 Å². The maximum absolute atomic E-state index is 12.7. The molecule has 0 heterocycles. The van der Waals surface area contributed by atoms with Crippen LogP contribution in [0.1, 0.15) is 12.8 Å². The molecule has 0 saturated carbocycles. The van der Waals surface area contributed by atoms with Gasteiger partial charge in [0.1, 0.15) is 13.2 Å². The highest BCUT2D eigenvalue weighted by atomic mass is 31.2. The summed E-state index contributed by atoms with van der Waals surface area (Å²) in [5.41, 5.74) is 0.852. The molecule has 0 bridgehead atoms. The van der Waals surface area contributed by atoms with E-state index < -0.39 is 33.7 Å². The SMILES string of the molecule is COCCOC(=O)OCOP(=O)(OCOC(=O)OCCOC)OCC1=CC=CCC1. The molecule has 0 atom stereocenters. The highest BCUT2D eigenvalue weighted by molar-refractivity contribution is 7.48. The van der Waals surface area contributed by atoms with E-state index in [0.29, 0.717) is 6.42 Å². The van der Waals surface area contributed by atoms with Crippen molar-refractivity contribution in [3.8, 4) is 0 Å². The van der Waals surface area contributed by atoms with Crippen LogP contribution in [0.2, 0.25) is 0 Å². The van der Waals surface area contributed by atoms with Crippen LogP contribution in [0.15, 0.2) is 23.8 Å². The lowest BCUT2D eigenvalue weighted by atomic mass is 10.1. The number of hydrogen-bond donors (Lipinski definition) is 0. The molecule has 0 aromatic carbocycles. The third-order valence-corrected chi connectivity index (χ3v) is 4.59. The smallest absolute Gasteiger partial charge is 0.432 e. The van der Waals surface area contributed by atoms with Gasteiger partial charge in [0.2, 0.25) is 13.6 Å². The van der Waals surface area contributed by atoms with Crippen LogP contribution in [0.5, 0.6) is 0 Å². The highest BCUT2D eigenvalue weighted by Gasteiger charge is 2.29. The number of ether oxygens (including phenoxy) is 6. The Hall–Kier alpha value is -1.95. The van der Waals surface area contributed by atoms with Crippen LogP contribution in [0.4, 0.5) is 9.59 Å². The molecule has 1 rings (SSSR count). The fourth-order valence-corrected chi connectivity index (χ4v) is 2.74. The van der Waals surface area contributed by atoms with Crippen LogP contribution in [0.3, 0.4) is 0 Å². The van der Waals surface area contributed by atoms with Crippen molar-refractivity contribution in [3.05, 3.63) is 23.8 Å². The minimum atomic E-state index is -4.24. The lowest BCUT2D eigenvalue weighted by molar-refractivity contribution is -0.0415. The van der Waals surface area contributed by atoms with Gasteiger partial charge >= 0.3 is 20.1 Å². The standard InChI is InChI=1S/C17H27O12P/c1-21-8-10-23-16(18)25-13-28-30(20,27-12-15-6-4-3-5-7-15)29-14-26-17(19)24-11-9-22-2/h3-4,6H,5,7-14H2,1-2H3. The minimum absolute atomic E-state index is 0.0271. The van der Waals surface area contributed by atoms with Gasteiger partial charge < -0.3 is 28.4 Å². The number of carbonyl (C=O) groups is 2. The van der Waals surface area contributed by atoms with Gasteiger partial charge in [-0.3, -0.25) is 4.52 Å². The van der Waals surface area contributed by atoms with Crippen LogP contribution in [-0.2, 0) is 46.6 Å². The molecule has 0 unspecified atom stereocenters. The van der Waals surface area contributed by atoms with Gasteiger partial charge in [0, 0.05) is 14.2 Å². The Morgan fingerprint density at radius 2 is 1.43 bits per heavy atom. The summed E-state index contributed by atoms with van der Waals surface area (Å²) in [6.07, 6.45) is 5.03. The average Bonchev–Trinajstić information content (AvgIpc) is 2.73. The fraction of sp³-hybridized carbons (Fsp3) is 0.647. The molecule has 12 nitrogen and oxygen atoms in total. The van der Waals surface area contributed by atoms with Crippen molar-refractivity contribution in [2.45, 2.75) is 12.8 Å². The van der Waals surface area contributed by atoms with E-state index in [9.17, 15) is 14.2 Å². The van der Waals surface area contributed by atoms with Gasteiger partial charge in [-0.15, -0.1) is 0 Å². The number of hydrogen-bond acceptors (Lipinski definition) is 12. The van der Waals surface area contributed by atoms with Crippen molar-refractivity contribution in [2.24, 2.45) is 0 Å². The van der Waals surface area contributed by atoms with Crippen molar-refractivity contribution in [1.82, 2.24) is 0 Å². The highest BCUT2D eigenvalue weighted by Crippen LogP contribution is 2.49. The number of allylic oxidation sites excluding steroid dienone is 3. The summed E-state index contributed by atoms with van der Waals surface area (Å²) in [7, 11) is -1.36. The first-order chi connectivity index (χ1) is 14.5. The molecule has 0 aromatic rings. The molecule has 0 spiro atoms. The summed E-state index contributed by atoms with van der Waals surface area (Å²) in [4.78, 5) is 22.7. The van der Waals surface area contributed by atoms with Gasteiger partial charge in [-0.2, -0.15) is 0 Å². The van der Waals surface area contributed by atoms with E-state index in [0.717, 1.165) is 12.0 Å². The lowest BCUT2D eigenvalue weighted by Gasteiger charge is -2.19.